The van der Waals surface area contributed by atoms with Gasteiger partial charge in [-0.1, -0.05) is 82.1 Å². The number of hydrogen-bond acceptors (Lipinski definition) is 2. The SMILES string of the molecule is CC1(C)c2cc(Br)c3c(sc4ccccc43)c2-c2c1cc(Br)c1c2sc2ccccc21. The second-order valence-electron chi connectivity index (χ2n) is 8.79. The number of benzene rings is 4. The van der Waals surface area contributed by atoms with Crippen LogP contribution in [0.5, 0.6) is 0 Å². The topological polar surface area (TPSA) is 0 Å². The zero-order chi connectivity index (χ0) is 21.1. The fourth-order valence-corrected chi connectivity index (χ4v) is 9.44. The van der Waals surface area contributed by atoms with Crippen molar-refractivity contribution in [2.45, 2.75) is 19.3 Å². The molecule has 4 aromatic carbocycles. The maximum atomic E-state index is 3.94. The van der Waals surface area contributed by atoms with E-state index in [2.05, 4.69) is 106 Å². The summed E-state index contributed by atoms with van der Waals surface area (Å²) in [6.45, 7) is 4.74. The highest BCUT2D eigenvalue weighted by Crippen LogP contribution is 2.59. The van der Waals surface area contributed by atoms with Crippen LogP contribution in [-0.4, -0.2) is 0 Å². The van der Waals surface area contributed by atoms with Crippen molar-refractivity contribution in [2.24, 2.45) is 0 Å². The Morgan fingerprint density at radius 3 is 1.52 bits per heavy atom. The lowest BCUT2D eigenvalue weighted by atomic mass is 9.82. The molecule has 2 heterocycles. The van der Waals surface area contributed by atoms with Crippen molar-refractivity contribution in [2.75, 3.05) is 0 Å². The molecular formula is C27H16Br2S2. The highest BCUT2D eigenvalue weighted by molar-refractivity contribution is 9.11. The lowest BCUT2D eigenvalue weighted by molar-refractivity contribution is 0.660. The fraction of sp³-hybridized carbons (Fsp3) is 0.111. The van der Waals surface area contributed by atoms with Crippen LogP contribution in [-0.2, 0) is 5.41 Å². The van der Waals surface area contributed by atoms with Gasteiger partial charge in [0.05, 0.1) is 0 Å². The average Bonchev–Trinajstić information content (AvgIpc) is 3.38. The molecule has 0 amide bonds. The van der Waals surface area contributed by atoms with Crippen molar-refractivity contribution in [1.82, 2.24) is 0 Å². The number of hydrogen-bond donors (Lipinski definition) is 0. The van der Waals surface area contributed by atoms with E-state index in [4.69, 9.17) is 0 Å². The van der Waals surface area contributed by atoms with Gasteiger partial charge in [-0.05, 0) is 35.4 Å². The summed E-state index contributed by atoms with van der Waals surface area (Å²) in [5.74, 6) is 0. The van der Waals surface area contributed by atoms with Gasteiger partial charge < -0.3 is 0 Å². The van der Waals surface area contributed by atoms with Crippen LogP contribution in [0, 0.1) is 0 Å². The summed E-state index contributed by atoms with van der Waals surface area (Å²) in [6.07, 6.45) is 0. The number of rotatable bonds is 0. The quantitative estimate of drug-likeness (QED) is 0.172. The number of thiophene rings is 2. The van der Waals surface area contributed by atoms with E-state index in [1.807, 2.05) is 22.7 Å². The van der Waals surface area contributed by atoms with Gasteiger partial charge >= 0.3 is 0 Å². The Morgan fingerprint density at radius 2 is 1.06 bits per heavy atom. The molecular weight excluding hydrogens is 548 g/mol. The van der Waals surface area contributed by atoms with Crippen LogP contribution in [0.2, 0.25) is 0 Å². The van der Waals surface area contributed by atoms with E-state index in [0.29, 0.717) is 0 Å². The van der Waals surface area contributed by atoms with Gasteiger partial charge in [-0.25, -0.2) is 0 Å². The van der Waals surface area contributed by atoms with Gasteiger partial charge in [-0.2, -0.15) is 0 Å². The van der Waals surface area contributed by atoms with Crippen molar-refractivity contribution >= 4 is 94.9 Å². The van der Waals surface area contributed by atoms with Crippen LogP contribution < -0.4 is 0 Å². The summed E-state index contributed by atoms with van der Waals surface area (Å²) < 4.78 is 7.90. The maximum Gasteiger partial charge on any atom is 0.0448 e. The summed E-state index contributed by atoms with van der Waals surface area (Å²) in [5, 5.41) is 5.38. The molecule has 1 aliphatic rings. The Labute approximate surface area is 204 Å². The molecule has 6 aromatic rings. The van der Waals surface area contributed by atoms with Crippen molar-refractivity contribution in [3.8, 4) is 11.1 Å². The van der Waals surface area contributed by atoms with Gasteiger partial charge in [0.1, 0.15) is 0 Å². The largest absolute Gasteiger partial charge is 0.134 e. The first-order valence-electron chi connectivity index (χ1n) is 10.3. The number of halogens is 2. The molecule has 2 aromatic heterocycles. The molecule has 0 N–H and O–H groups in total. The zero-order valence-electron chi connectivity index (χ0n) is 16.8. The first kappa shape index (κ1) is 18.8. The molecule has 0 saturated carbocycles. The monoisotopic (exact) mass is 562 g/mol. The summed E-state index contributed by atoms with van der Waals surface area (Å²) >= 11 is 11.7. The molecule has 0 saturated heterocycles. The lowest BCUT2D eigenvalue weighted by Gasteiger charge is -2.22. The molecule has 0 atom stereocenters. The van der Waals surface area contributed by atoms with Crippen LogP contribution >= 0.6 is 54.5 Å². The Balaban J connectivity index is 1.76. The molecule has 150 valence electrons. The van der Waals surface area contributed by atoms with E-state index in [-0.39, 0.29) is 5.41 Å². The van der Waals surface area contributed by atoms with Gasteiger partial charge in [-0.3, -0.25) is 0 Å². The molecule has 0 radical (unpaired) electrons. The van der Waals surface area contributed by atoms with Crippen LogP contribution in [0.15, 0.2) is 69.6 Å². The van der Waals surface area contributed by atoms with Gasteiger partial charge in [0.2, 0.25) is 0 Å². The molecule has 1 aliphatic carbocycles. The second-order valence-corrected chi connectivity index (χ2v) is 12.6. The van der Waals surface area contributed by atoms with Gasteiger partial charge in [0.15, 0.2) is 0 Å². The van der Waals surface area contributed by atoms with Crippen molar-refractivity contribution in [3.05, 3.63) is 80.7 Å². The van der Waals surface area contributed by atoms with E-state index < -0.39 is 0 Å². The minimum atomic E-state index is -0.0512. The van der Waals surface area contributed by atoms with Crippen molar-refractivity contribution in [1.29, 1.82) is 0 Å². The van der Waals surface area contributed by atoms with Gasteiger partial charge in [0, 0.05) is 65.8 Å². The Morgan fingerprint density at radius 1 is 0.645 bits per heavy atom. The van der Waals surface area contributed by atoms with Crippen LogP contribution in [0.4, 0.5) is 0 Å². The first-order chi connectivity index (χ1) is 15.0. The molecule has 31 heavy (non-hydrogen) atoms. The third-order valence-corrected chi connectivity index (χ3v) is 10.4. The molecule has 0 fully saturated rings. The maximum absolute atomic E-state index is 3.94. The number of fused-ring (bicyclic) bond motifs is 11. The van der Waals surface area contributed by atoms with E-state index in [1.54, 1.807) is 0 Å². The zero-order valence-corrected chi connectivity index (χ0v) is 21.7. The molecule has 0 nitrogen and oxygen atoms in total. The van der Waals surface area contributed by atoms with E-state index >= 15 is 0 Å². The Kier molecular flexibility index (Phi) is 3.76. The standard InChI is InChI=1S/C27H16Br2S2/c1-27(2)15-11-17(28)21-13-7-3-5-9-19(13)30-25(21)23(15)24-16(27)12-18(29)22-14-8-4-6-10-20(14)31-26(22)24/h3-12H,1-2H3. The Hall–Kier alpha value is -1.72. The molecule has 4 heteroatoms. The summed E-state index contributed by atoms with van der Waals surface area (Å²) in [4.78, 5) is 0. The first-order valence-corrected chi connectivity index (χ1v) is 13.5. The summed E-state index contributed by atoms with van der Waals surface area (Å²) in [7, 11) is 0. The van der Waals surface area contributed by atoms with Crippen LogP contribution in [0.1, 0.15) is 25.0 Å². The smallest absolute Gasteiger partial charge is 0.0448 e. The van der Waals surface area contributed by atoms with E-state index in [0.717, 1.165) is 0 Å². The summed E-state index contributed by atoms with van der Waals surface area (Å²) in [5.41, 5.74) is 5.66. The predicted molar refractivity (Wildman–Crippen MR) is 145 cm³/mol. The van der Waals surface area contributed by atoms with E-state index in [9.17, 15) is 0 Å². The minimum absolute atomic E-state index is 0.0512. The molecule has 0 bridgehead atoms. The molecule has 0 aliphatic heterocycles. The third kappa shape index (κ3) is 2.29. The lowest BCUT2D eigenvalue weighted by Crippen LogP contribution is -2.15. The molecule has 0 spiro atoms. The van der Waals surface area contributed by atoms with Crippen LogP contribution in [0.3, 0.4) is 0 Å². The van der Waals surface area contributed by atoms with Gasteiger partial charge in [0.25, 0.3) is 0 Å². The molecule has 0 unspecified atom stereocenters. The normalized spacial score (nSPS) is 14.7. The fourth-order valence-electron chi connectivity index (χ4n) is 5.33. The van der Waals surface area contributed by atoms with Crippen molar-refractivity contribution in [3.63, 3.8) is 0 Å². The highest BCUT2D eigenvalue weighted by atomic mass is 79.9. The third-order valence-electron chi connectivity index (χ3n) is 6.80. The average molecular weight is 564 g/mol. The van der Waals surface area contributed by atoms with Gasteiger partial charge in [-0.15, -0.1) is 22.7 Å². The minimum Gasteiger partial charge on any atom is -0.134 e. The van der Waals surface area contributed by atoms with Crippen LogP contribution in [0.25, 0.3) is 51.5 Å². The van der Waals surface area contributed by atoms with E-state index in [1.165, 1.54) is 71.5 Å². The second kappa shape index (κ2) is 6.20. The predicted octanol–water partition coefficient (Wildman–Crippen LogP) is 10.3. The highest BCUT2D eigenvalue weighted by Gasteiger charge is 2.40. The molecule has 7 rings (SSSR count). The van der Waals surface area contributed by atoms with Crippen molar-refractivity contribution < 1.29 is 0 Å². The Bertz CT molecular complexity index is 1610. The summed E-state index contributed by atoms with van der Waals surface area (Å²) in [6, 6.07) is 22.3.